The molecule has 1 nitrogen and oxygen atoms in total. The van der Waals surface area contributed by atoms with Crippen LogP contribution < -0.4 is 0 Å². The Hall–Kier alpha value is -3.54. The van der Waals surface area contributed by atoms with E-state index in [0.717, 1.165) is 17.2 Å². The fourth-order valence-electron chi connectivity index (χ4n) is 5.64. The van der Waals surface area contributed by atoms with E-state index in [0.29, 0.717) is 0 Å². The van der Waals surface area contributed by atoms with E-state index in [-0.39, 0.29) is 11.1 Å². The molecule has 158 valence electrons. The van der Waals surface area contributed by atoms with Crippen LogP contribution in [0.15, 0.2) is 133 Å². The number of allylic oxidation sites excluding steroid dienone is 3. The van der Waals surface area contributed by atoms with Crippen molar-refractivity contribution in [1.29, 1.82) is 0 Å². The van der Waals surface area contributed by atoms with Gasteiger partial charge in [-0.15, -0.1) is 0 Å². The van der Waals surface area contributed by atoms with Crippen molar-refractivity contribution in [2.24, 2.45) is 5.92 Å². The zero-order valence-corrected chi connectivity index (χ0v) is 19.0. The van der Waals surface area contributed by atoms with Crippen LogP contribution in [0.4, 0.5) is 0 Å². The molecule has 0 radical (unpaired) electrons. The van der Waals surface area contributed by atoms with Crippen molar-refractivity contribution < 1.29 is 4.79 Å². The van der Waals surface area contributed by atoms with Crippen LogP contribution in [0, 0.1) is 5.92 Å². The SMILES string of the molecule is O=CC1=C(c2ccccc2)[C@H]2C=C(c3ccccc3)P1C2(c1ccccc1)c1ccccc1. The summed E-state index contributed by atoms with van der Waals surface area (Å²) in [5.41, 5.74) is 6.10. The van der Waals surface area contributed by atoms with Gasteiger partial charge in [0.1, 0.15) is 0 Å². The zero-order valence-electron chi connectivity index (χ0n) is 18.1. The Bertz CT molecular complexity index is 1320. The van der Waals surface area contributed by atoms with Crippen molar-refractivity contribution in [3.63, 3.8) is 0 Å². The van der Waals surface area contributed by atoms with Crippen LogP contribution in [0.3, 0.4) is 0 Å². The van der Waals surface area contributed by atoms with Gasteiger partial charge in [-0.05, 0) is 41.1 Å². The van der Waals surface area contributed by atoms with Gasteiger partial charge < -0.3 is 0 Å². The minimum atomic E-state index is -0.963. The lowest BCUT2D eigenvalue weighted by Gasteiger charge is -2.38. The molecule has 33 heavy (non-hydrogen) atoms. The lowest BCUT2D eigenvalue weighted by Crippen LogP contribution is -2.28. The van der Waals surface area contributed by atoms with Crippen molar-refractivity contribution in [2.75, 3.05) is 0 Å². The lowest BCUT2D eigenvalue weighted by atomic mass is 9.74. The van der Waals surface area contributed by atoms with Crippen molar-refractivity contribution in [3.05, 3.63) is 155 Å². The highest BCUT2D eigenvalue weighted by Crippen LogP contribution is 2.84. The summed E-state index contributed by atoms with van der Waals surface area (Å²) >= 11 is 0. The first-order chi connectivity index (χ1) is 16.4. The minimum absolute atomic E-state index is 0.0891. The predicted octanol–water partition coefficient (Wildman–Crippen LogP) is 7.71. The summed E-state index contributed by atoms with van der Waals surface area (Å²) in [4.78, 5) is 12.8. The molecule has 6 rings (SSSR count). The van der Waals surface area contributed by atoms with Gasteiger partial charge in [0.15, 0.2) is 6.29 Å². The first-order valence-electron chi connectivity index (χ1n) is 11.3. The van der Waals surface area contributed by atoms with Gasteiger partial charge >= 0.3 is 0 Å². The van der Waals surface area contributed by atoms with Crippen molar-refractivity contribution in [1.82, 2.24) is 0 Å². The van der Waals surface area contributed by atoms with Crippen molar-refractivity contribution in [3.8, 4) is 0 Å². The Morgan fingerprint density at radius 2 is 1.06 bits per heavy atom. The molecule has 2 heterocycles. The quantitative estimate of drug-likeness (QED) is 0.229. The Morgan fingerprint density at radius 3 is 1.55 bits per heavy atom. The molecule has 1 unspecified atom stereocenters. The van der Waals surface area contributed by atoms with Gasteiger partial charge in [0.25, 0.3) is 0 Å². The third-order valence-electron chi connectivity index (χ3n) is 6.89. The largest absolute Gasteiger partial charge is 0.298 e. The maximum absolute atomic E-state index is 12.8. The van der Waals surface area contributed by atoms with Gasteiger partial charge in [0, 0.05) is 11.2 Å². The molecule has 4 aromatic rings. The minimum Gasteiger partial charge on any atom is -0.298 e. The first-order valence-corrected chi connectivity index (χ1v) is 12.6. The smallest absolute Gasteiger partial charge is 0.151 e. The monoisotopic (exact) mass is 442 g/mol. The molecule has 2 heteroatoms. The van der Waals surface area contributed by atoms with E-state index < -0.39 is 7.92 Å². The number of carbonyl (C=O) groups is 1. The van der Waals surface area contributed by atoms with E-state index in [1.807, 2.05) is 6.07 Å². The maximum atomic E-state index is 12.8. The Kier molecular flexibility index (Phi) is 4.93. The van der Waals surface area contributed by atoms with E-state index in [1.165, 1.54) is 27.6 Å². The number of hydrogen-bond acceptors (Lipinski definition) is 1. The van der Waals surface area contributed by atoms with Crippen molar-refractivity contribution >= 4 is 25.1 Å². The highest BCUT2D eigenvalue weighted by atomic mass is 31.1. The first kappa shape index (κ1) is 20.1. The second-order valence-corrected chi connectivity index (χ2v) is 10.9. The van der Waals surface area contributed by atoms with Crippen LogP contribution in [-0.2, 0) is 9.95 Å². The second kappa shape index (κ2) is 8.10. The lowest BCUT2D eigenvalue weighted by molar-refractivity contribution is -0.104. The number of rotatable bonds is 5. The molecule has 0 aromatic heterocycles. The van der Waals surface area contributed by atoms with Gasteiger partial charge in [-0.3, -0.25) is 4.79 Å². The van der Waals surface area contributed by atoms with Gasteiger partial charge in [-0.25, -0.2) is 0 Å². The third-order valence-corrected chi connectivity index (χ3v) is 10.1. The average Bonchev–Trinajstić information content (AvgIpc) is 3.40. The van der Waals surface area contributed by atoms with Gasteiger partial charge in [-0.1, -0.05) is 127 Å². The van der Waals surface area contributed by atoms with Crippen LogP contribution >= 0.6 is 7.92 Å². The summed E-state index contributed by atoms with van der Waals surface area (Å²) in [6.07, 6.45) is 3.60. The van der Waals surface area contributed by atoms with Crippen LogP contribution in [0.1, 0.15) is 22.3 Å². The Balaban J connectivity index is 1.68. The summed E-state index contributed by atoms with van der Waals surface area (Å²) in [6.45, 7) is 0. The average molecular weight is 442 g/mol. The molecule has 2 aliphatic rings. The molecule has 0 spiro atoms. The predicted molar refractivity (Wildman–Crippen MR) is 138 cm³/mol. The molecule has 4 aromatic carbocycles. The standard InChI is InChI=1S/C31H23OP/c32-22-29-30(24-15-7-2-8-16-24)27-21-28(23-13-5-1-6-14-23)33(29)31(27,25-17-9-3-10-18-25)26-19-11-4-12-20-26/h1-22,27H/t27-,33?/m1/s1. The van der Waals surface area contributed by atoms with Crippen LogP contribution in [0.5, 0.6) is 0 Å². The summed E-state index contributed by atoms with van der Waals surface area (Å²) in [7, 11) is -0.963. The molecular formula is C31H23OP. The van der Waals surface area contributed by atoms with Crippen LogP contribution in [0.25, 0.3) is 10.9 Å². The van der Waals surface area contributed by atoms with E-state index >= 15 is 0 Å². The normalized spacial score (nSPS) is 20.5. The topological polar surface area (TPSA) is 17.1 Å². The molecular weight excluding hydrogens is 419 g/mol. The fourth-order valence-corrected chi connectivity index (χ4v) is 9.27. The molecule has 2 atom stereocenters. The molecule has 0 N–H and O–H groups in total. The van der Waals surface area contributed by atoms with E-state index in [1.54, 1.807) is 0 Å². The molecule has 0 amide bonds. The maximum Gasteiger partial charge on any atom is 0.151 e. The Morgan fingerprint density at radius 1 is 0.606 bits per heavy atom. The number of fused-ring (bicyclic) bond motifs is 2. The molecule has 0 aliphatic carbocycles. The second-order valence-electron chi connectivity index (χ2n) is 8.51. The number of benzene rings is 4. The highest BCUT2D eigenvalue weighted by molar-refractivity contribution is 7.76. The zero-order chi connectivity index (χ0) is 22.3. The number of carbonyl (C=O) groups excluding carboxylic acids is 1. The van der Waals surface area contributed by atoms with Gasteiger partial charge in [0.2, 0.25) is 0 Å². The molecule has 0 saturated carbocycles. The van der Waals surface area contributed by atoms with E-state index in [4.69, 9.17) is 0 Å². The van der Waals surface area contributed by atoms with Crippen LogP contribution in [-0.4, -0.2) is 6.29 Å². The molecule has 0 fully saturated rings. The molecule has 2 bridgehead atoms. The summed E-state index contributed by atoms with van der Waals surface area (Å²) in [5.74, 6) is 0.0891. The summed E-state index contributed by atoms with van der Waals surface area (Å²) < 4.78 is 0. The number of aldehydes is 1. The molecule has 2 aliphatic heterocycles. The van der Waals surface area contributed by atoms with Crippen molar-refractivity contribution in [2.45, 2.75) is 5.16 Å². The summed E-state index contributed by atoms with van der Waals surface area (Å²) in [6, 6.07) is 42.7. The number of hydrogen-bond donors (Lipinski definition) is 0. The highest BCUT2D eigenvalue weighted by Gasteiger charge is 2.60. The molecule has 0 saturated heterocycles. The van der Waals surface area contributed by atoms with Gasteiger partial charge in [-0.2, -0.15) is 0 Å². The van der Waals surface area contributed by atoms with E-state index in [9.17, 15) is 4.79 Å². The fraction of sp³-hybridized carbons (Fsp3) is 0.0645. The third kappa shape index (κ3) is 2.93. The summed E-state index contributed by atoms with van der Waals surface area (Å²) in [5, 5.41) is 1.98. The van der Waals surface area contributed by atoms with Gasteiger partial charge in [0.05, 0.1) is 5.16 Å². The Labute approximate surface area is 195 Å². The van der Waals surface area contributed by atoms with E-state index in [2.05, 4.69) is 121 Å². The van der Waals surface area contributed by atoms with Crippen LogP contribution in [0.2, 0.25) is 0 Å².